The van der Waals surface area contributed by atoms with Crippen molar-refractivity contribution in [3.8, 4) is 0 Å². The maximum Gasteiger partial charge on any atom is 0.0370 e. The van der Waals surface area contributed by atoms with Gasteiger partial charge in [-0.2, -0.15) is 0 Å². The van der Waals surface area contributed by atoms with E-state index in [-0.39, 0.29) is 0 Å². The lowest BCUT2D eigenvalue weighted by atomic mass is 9.78. The first-order valence-corrected chi connectivity index (χ1v) is 10.1. The molecule has 0 aliphatic carbocycles. The van der Waals surface area contributed by atoms with Crippen molar-refractivity contribution in [1.82, 2.24) is 4.90 Å². The fraction of sp³-hybridized carbons (Fsp3) is 0.280. The second kappa shape index (κ2) is 7.21. The summed E-state index contributed by atoms with van der Waals surface area (Å²) in [6.07, 6.45) is 2.38. The van der Waals surface area contributed by atoms with Gasteiger partial charge in [0.15, 0.2) is 0 Å². The molecule has 2 nitrogen and oxygen atoms in total. The number of fused-ring (bicyclic) bond motifs is 3. The SMILES string of the molecule is c1ccc(N[C@@H]2CCN3C[C@H](c4ccccc4)c4ccccc4[C@H]3C2)cc1. The van der Waals surface area contributed by atoms with Crippen molar-refractivity contribution in [2.24, 2.45) is 0 Å². The number of anilines is 1. The van der Waals surface area contributed by atoms with Crippen LogP contribution in [0.1, 0.15) is 41.5 Å². The first kappa shape index (κ1) is 16.6. The maximum absolute atomic E-state index is 3.76. The third-order valence-corrected chi connectivity index (χ3v) is 6.21. The van der Waals surface area contributed by atoms with Crippen LogP contribution in [0.15, 0.2) is 84.9 Å². The first-order valence-electron chi connectivity index (χ1n) is 10.1. The number of rotatable bonds is 3. The van der Waals surface area contributed by atoms with Crippen LogP contribution < -0.4 is 5.32 Å². The van der Waals surface area contributed by atoms with Crippen LogP contribution >= 0.6 is 0 Å². The molecule has 0 radical (unpaired) electrons. The lowest BCUT2D eigenvalue weighted by Crippen LogP contribution is -2.46. The molecule has 0 saturated carbocycles. The number of benzene rings is 3. The van der Waals surface area contributed by atoms with E-state index in [1.165, 1.54) is 35.2 Å². The summed E-state index contributed by atoms with van der Waals surface area (Å²) < 4.78 is 0. The number of nitrogens with one attached hydrogen (secondary N) is 1. The van der Waals surface area contributed by atoms with Gasteiger partial charge in [0.2, 0.25) is 0 Å². The second-order valence-corrected chi connectivity index (χ2v) is 7.83. The summed E-state index contributed by atoms with van der Waals surface area (Å²) in [7, 11) is 0. The Labute approximate surface area is 161 Å². The highest BCUT2D eigenvalue weighted by Gasteiger charge is 2.37. The molecule has 1 N–H and O–H groups in total. The highest BCUT2D eigenvalue weighted by Crippen LogP contribution is 2.43. The van der Waals surface area contributed by atoms with E-state index in [9.17, 15) is 0 Å². The third-order valence-electron chi connectivity index (χ3n) is 6.21. The molecule has 2 aliphatic rings. The van der Waals surface area contributed by atoms with Crippen molar-refractivity contribution in [3.63, 3.8) is 0 Å². The predicted molar refractivity (Wildman–Crippen MR) is 112 cm³/mol. The normalized spacial score (nSPS) is 24.7. The number of hydrogen-bond donors (Lipinski definition) is 1. The Hall–Kier alpha value is -2.58. The summed E-state index contributed by atoms with van der Waals surface area (Å²) in [5, 5.41) is 3.76. The van der Waals surface area contributed by atoms with E-state index in [1.54, 1.807) is 0 Å². The van der Waals surface area contributed by atoms with Crippen LogP contribution in [0.5, 0.6) is 0 Å². The van der Waals surface area contributed by atoms with Gasteiger partial charge in [0, 0.05) is 36.8 Å². The minimum Gasteiger partial charge on any atom is -0.382 e. The molecule has 2 aliphatic heterocycles. The second-order valence-electron chi connectivity index (χ2n) is 7.83. The van der Waals surface area contributed by atoms with Crippen LogP contribution in [0.2, 0.25) is 0 Å². The number of hydrogen-bond acceptors (Lipinski definition) is 2. The molecular formula is C25H26N2. The summed E-state index contributed by atoms with van der Waals surface area (Å²) in [5.74, 6) is 0.484. The van der Waals surface area contributed by atoms with Gasteiger partial charge in [-0.1, -0.05) is 72.8 Å². The molecule has 2 heteroatoms. The molecule has 0 amide bonds. The van der Waals surface area contributed by atoms with E-state index in [4.69, 9.17) is 0 Å². The molecule has 0 unspecified atom stereocenters. The van der Waals surface area contributed by atoms with Crippen LogP contribution in [-0.4, -0.2) is 24.0 Å². The minimum absolute atomic E-state index is 0.484. The van der Waals surface area contributed by atoms with Gasteiger partial charge >= 0.3 is 0 Å². The third kappa shape index (κ3) is 3.26. The molecular weight excluding hydrogens is 328 g/mol. The van der Waals surface area contributed by atoms with E-state index in [2.05, 4.69) is 95.1 Å². The van der Waals surface area contributed by atoms with E-state index in [0.717, 1.165) is 13.1 Å². The molecule has 0 aromatic heterocycles. The average Bonchev–Trinajstić information content (AvgIpc) is 2.75. The zero-order chi connectivity index (χ0) is 18.1. The Kier molecular flexibility index (Phi) is 4.43. The Balaban J connectivity index is 1.43. The predicted octanol–water partition coefficient (Wildman–Crippen LogP) is 5.45. The zero-order valence-electron chi connectivity index (χ0n) is 15.6. The van der Waals surface area contributed by atoms with Crippen LogP contribution in [0.4, 0.5) is 5.69 Å². The van der Waals surface area contributed by atoms with Gasteiger partial charge in [0.1, 0.15) is 0 Å². The van der Waals surface area contributed by atoms with E-state index >= 15 is 0 Å². The molecule has 1 saturated heterocycles. The Bertz CT molecular complexity index is 890. The van der Waals surface area contributed by atoms with Crippen LogP contribution in [-0.2, 0) is 0 Å². The molecule has 0 bridgehead atoms. The zero-order valence-corrected chi connectivity index (χ0v) is 15.6. The van der Waals surface area contributed by atoms with Crippen molar-refractivity contribution >= 4 is 5.69 Å². The lowest BCUT2D eigenvalue weighted by Gasteiger charge is -2.46. The Morgan fingerprint density at radius 3 is 2.19 bits per heavy atom. The van der Waals surface area contributed by atoms with Gasteiger partial charge in [-0.15, -0.1) is 0 Å². The molecule has 27 heavy (non-hydrogen) atoms. The van der Waals surface area contributed by atoms with Crippen LogP contribution in [0.25, 0.3) is 0 Å². The molecule has 3 aromatic carbocycles. The van der Waals surface area contributed by atoms with Crippen LogP contribution in [0.3, 0.4) is 0 Å². The molecule has 0 spiro atoms. The lowest BCUT2D eigenvalue weighted by molar-refractivity contribution is 0.123. The monoisotopic (exact) mass is 354 g/mol. The van der Waals surface area contributed by atoms with Gasteiger partial charge in [-0.05, 0) is 41.7 Å². The topological polar surface area (TPSA) is 15.3 Å². The quantitative estimate of drug-likeness (QED) is 0.673. The fourth-order valence-electron chi connectivity index (χ4n) is 4.89. The molecule has 5 rings (SSSR count). The van der Waals surface area contributed by atoms with Gasteiger partial charge in [-0.3, -0.25) is 4.90 Å². The van der Waals surface area contributed by atoms with E-state index in [1.807, 2.05) is 0 Å². The highest BCUT2D eigenvalue weighted by molar-refractivity contribution is 5.45. The highest BCUT2D eigenvalue weighted by atomic mass is 15.2. The van der Waals surface area contributed by atoms with E-state index in [0.29, 0.717) is 18.0 Å². The molecule has 1 fully saturated rings. The van der Waals surface area contributed by atoms with Gasteiger partial charge in [-0.25, -0.2) is 0 Å². The van der Waals surface area contributed by atoms with Crippen molar-refractivity contribution in [2.45, 2.75) is 30.8 Å². The smallest absolute Gasteiger partial charge is 0.0370 e. The fourth-order valence-corrected chi connectivity index (χ4v) is 4.89. The molecule has 3 aromatic rings. The van der Waals surface area contributed by atoms with Gasteiger partial charge in [0.05, 0.1) is 0 Å². The molecule has 3 atom stereocenters. The van der Waals surface area contributed by atoms with Gasteiger partial charge in [0.25, 0.3) is 0 Å². The Morgan fingerprint density at radius 2 is 1.41 bits per heavy atom. The first-order chi connectivity index (χ1) is 13.4. The van der Waals surface area contributed by atoms with Crippen molar-refractivity contribution in [2.75, 3.05) is 18.4 Å². The van der Waals surface area contributed by atoms with Gasteiger partial charge < -0.3 is 5.32 Å². The van der Waals surface area contributed by atoms with E-state index < -0.39 is 0 Å². The van der Waals surface area contributed by atoms with Crippen molar-refractivity contribution in [1.29, 1.82) is 0 Å². The van der Waals surface area contributed by atoms with Crippen LogP contribution in [0, 0.1) is 0 Å². The number of piperidine rings is 1. The summed E-state index contributed by atoms with van der Waals surface area (Å²) in [4.78, 5) is 2.71. The molecule has 136 valence electrons. The summed E-state index contributed by atoms with van der Waals surface area (Å²) in [6, 6.07) is 31.8. The standard InChI is InChI=1S/C25H26N2/c1-3-9-19(10-4-1)24-18-27-16-15-21(26-20-11-5-2-6-12-20)17-25(27)23-14-8-7-13-22(23)24/h1-14,21,24-26H,15-18H2/t21-,24-,25-/m1/s1. The van der Waals surface area contributed by atoms with Crippen molar-refractivity contribution < 1.29 is 0 Å². The number of para-hydroxylation sites is 1. The average molecular weight is 354 g/mol. The molecule has 2 heterocycles. The Morgan fingerprint density at radius 1 is 0.741 bits per heavy atom. The maximum atomic E-state index is 3.76. The summed E-state index contributed by atoms with van der Waals surface area (Å²) in [6.45, 7) is 2.29. The minimum atomic E-state index is 0.484. The summed E-state index contributed by atoms with van der Waals surface area (Å²) in [5.41, 5.74) is 5.72. The number of nitrogens with zero attached hydrogens (tertiary/aromatic N) is 1. The summed E-state index contributed by atoms with van der Waals surface area (Å²) >= 11 is 0. The van der Waals surface area contributed by atoms with Crippen molar-refractivity contribution in [3.05, 3.63) is 102 Å². The largest absolute Gasteiger partial charge is 0.382 e.